The molecule has 0 unspecified atom stereocenters. The second-order valence-corrected chi connectivity index (χ2v) is 6.59. The third-order valence-corrected chi connectivity index (χ3v) is 5.20. The number of nitrogens with two attached hydrogens (primary N) is 1. The van der Waals surface area contributed by atoms with Crippen molar-refractivity contribution in [2.45, 2.75) is 25.8 Å². The van der Waals surface area contributed by atoms with Crippen molar-refractivity contribution in [1.82, 2.24) is 4.90 Å². The van der Waals surface area contributed by atoms with Gasteiger partial charge in [-0.3, -0.25) is 0 Å². The van der Waals surface area contributed by atoms with Crippen molar-refractivity contribution in [2.24, 2.45) is 10.7 Å². The standard InChI is InChI=1S/C16H19N3S/c1-10-9-20-14-6-5-12(7-13(10)14)16(3)8-11(2)19(4)15(17)18-16/h5-7,9H,2,8H2,1,3-4H3,(H2,17,18)/t16-/m0/s1. The van der Waals surface area contributed by atoms with Crippen LogP contribution in [0.4, 0.5) is 0 Å². The summed E-state index contributed by atoms with van der Waals surface area (Å²) in [6.45, 7) is 8.38. The van der Waals surface area contributed by atoms with Gasteiger partial charge in [0.1, 0.15) is 0 Å². The molecule has 0 saturated carbocycles. The van der Waals surface area contributed by atoms with Crippen LogP contribution in [0.3, 0.4) is 0 Å². The molecule has 1 atom stereocenters. The summed E-state index contributed by atoms with van der Waals surface area (Å²) in [6.07, 6.45) is 0.791. The Labute approximate surface area is 123 Å². The molecule has 0 amide bonds. The molecule has 3 nitrogen and oxygen atoms in total. The Morgan fingerprint density at radius 2 is 2.20 bits per heavy atom. The van der Waals surface area contributed by atoms with E-state index in [0.29, 0.717) is 5.96 Å². The summed E-state index contributed by atoms with van der Waals surface area (Å²) < 4.78 is 1.32. The second-order valence-electron chi connectivity index (χ2n) is 5.68. The zero-order chi connectivity index (χ0) is 14.5. The van der Waals surface area contributed by atoms with Gasteiger partial charge in [-0.2, -0.15) is 0 Å². The molecule has 2 heterocycles. The summed E-state index contributed by atoms with van der Waals surface area (Å²) in [5, 5.41) is 3.51. The fourth-order valence-electron chi connectivity index (χ4n) is 2.70. The quantitative estimate of drug-likeness (QED) is 0.870. The highest BCUT2D eigenvalue weighted by atomic mass is 32.1. The molecule has 0 saturated heterocycles. The average Bonchev–Trinajstić information content (AvgIpc) is 2.77. The normalized spacial score (nSPS) is 23.2. The zero-order valence-corrected chi connectivity index (χ0v) is 12.9. The third-order valence-electron chi connectivity index (χ3n) is 4.12. The van der Waals surface area contributed by atoms with Crippen LogP contribution in [0, 0.1) is 6.92 Å². The maximum atomic E-state index is 6.02. The molecule has 0 radical (unpaired) electrons. The van der Waals surface area contributed by atoms with Gasteiger partial charge in [-0.25, -0.2) is 4.99 Å². The SMILES string of the molecule is C=C1C[C@@](C)(c2ccc3scc(C)c3c2)N=C(N)N1C. The van der Waals surface area contributed by atoms with Crippen molar-refractivity contribution in [3.63, 3.8) is 0 Å². The largest absolute Gasteiger partial charge is 0.370 e. The van der Waals surface area contributed by atoms with Gasteiger partial charge in [-0.05, 0) is 47.9 Å². The molecule has 4 heteroatoms. The Morgan fingerprint density at radius 3 is 2.90 bits per heavy atom. The highest BCUT2D eigenvalue weighted by molar-refractivity contribution is 7.17. The molecule has 0 aliphatic carbocycles. The van der Waals surface area contributed by atoms with Crippen LogP contribution in [0.15, 0.2) is 40.8 Å². The molecule has 0 spiro atoms. The molecular weight excluding hydrogens is 266 g/mol. The van der Waals surface area contributed by atoms with Crippen molar-refractivity contribution in [3.8, 4) is 0 Å². The second kappa shape index (κ2) is 4.35. The van der Waals surface area contributed by atoms with Gasteiger partial charge in [0.2, 0.25) is 0 Å². The Kier molecular flexibility index (Phi) is 2.87. The molecular formula is C16H19N3S. The van der Waals surface area contributed by atoms with E-state index in [1.165, 1.54) is 21.2 Å². The molecule has 0 fully saturated rings. The first kappa shape index (κ1) is 13.2. The van der Waals surface area contributed by atoms with E-state index in [2.05, 4.69) is 44.0 Å². The smallest absolute Gasteiger partial charge is 0.196 e. The van der Waals surface area contributed by atoms with Crippen molar-refractivity contribution >= 4 is 27.4 Å². The van der Waals surface area contributed by atoms with Crippen LogP contribution >= 0.6 is 11.3 Å². The van der Waals surface area contributed by atoms with Crippen LogP contribution in [-0.2, 0) is 5.54 Å². The molecule has 20 heavy (non-hydrogen) atoms. The molecule has 1 aliphatic rings. The number of rotatable bonds is 1. The first-order valence-corrected chi connectivity index (χ1v) is 7.54. The topological polar surface area (TPSA) is 41.6 Å². The number of aryl methyl sites for hydroxylation is 1. The predicted octanol–water partition coefficient (Wildman–Crippen LogP) is 3.59. The van der Waals surface area contributed by atoms with E-state index < -0.39 is 0 Å². The molecule has 2 N–H and O–H groups in total. The van der Waals surface area contributed by atoms with Gasteiger partial charge in [0.25, 0.3) is 0 Å². The lowest BCUT2D eigenvalue weighted by Crippen LogP contribution is -2.42. The number of nitrogens with zero attached hydrogens (tertiary/aromatic N) is 2. The van der Waals surface area contributed by atoms with E-state index in [0.717, 1.165) is 12.1 Å². The van der Waals surface area contributed by atoms with Crippen molar-refractivity contribution in [1.29, 1.82) is 0 Å². The maximum Gasteiger partial charge on any atom is 0.196 e. The molecule has 1 aromatic carbocycles. The molecule has 0 bridgehead atoms. The Morgan fingerprint density at radius 1 is 1.45 bits per heavy atom. The van der Waals surface area contributed by atoms with E-state index in [9.17, 15) is 0 Å². The number of benzene rings is 1. The van der Waals surface area contributed by atoms with E-state index in [4.69, 9.17) is 10.7 Å². The summed E-state index contributed by atoms with van der Waals surface area (Å²) >= 11 is 1.78. The van der Waals surface area contributed by atoms with Gasteiger partial charge in [-0.1, -0.05) is 12.6 Å². The van der Waals surface area contributed by atoms with Gasteiger partial charge in [0, 0.05) is 23.9 Å². The highest BCUT2D eigenvalue weighted by Gasteiger charge is 2.33. The lowest BCUT2D eigenvalue weighted by atomic mass is 9.86. The zero-order valence-electron chi connectivity index (χ0n) is 12.1. The van der Waals surface area contributed by atoms with E-state index >= 15 is 0 Å². The minimum absolute atomic E-state index is 0.323. The monoisotopic (exact) mass is 285 g/mol. The number of aliphatic imine (C=N–C) groups is 1. The first-order valence-electron chi connectivity index (χ1n) is 6.66. The third kappa shape index (κ3) is 1.91. The summed E-state index contributed by atoms with van der Waals surface area (Å²) in [5.41, 5.74) is 9.22. The van der Waals surface area contributed by atoms with E-state index in [1.54, 1.807) is 11.3 Å². The maximum absolute atomic E-state index is 6.02. The predicted molar refractivity (Wildman–Crippen MR) is 87.1 cm³/mol. The van der Waals surface area contributed by atoms with Crippen LogP contribution in [0.25, 0.3) is 10.1 Å². The Balaban J connectivity index is 2.14. The fourth-order valence-corrected chi connectivity index (χ4v) is 3.63. The summed E-state index contributed by atoms with van der Waals surface area (Å²) in [4.78, 5) is 6.56. The number of hydrogen-bond acceptors (Lipinski definition) is 4. The van der Waals surface area contributed by atoms with Gasteiger partial charge in [-0.15, -0.1) is 11.3 Å². The van der Waals surface area contributed by atoms with Crippen LogP contribution in [0.1, 0.15) is 24.5 Å². The number of thiophene rings is 1. The minimum Gasteiger partial charge on any atom is -0.370 e. The summed E-state index contributed by atoms with van der Waals surface area (Å²) in [5.74, 6) is 0.533. The van der Waals surface area contributed by atoms with Crippen molar-refractivity contribution < 1.29 is 0 Å². The van der Waals surface area contributed by atoms with E-state index in [-0.39, 0.29) is 5.54 Å². The average molecular weight is 285 g/mol. The number of hydrogen-bond donors (Lipinski definition) is 1. The lowest BCUT2D eigenvalue weighted by Gasteiger charge is -2.36. The summed E-state index contributed by atoms with van der Waals surface area (Å²) in [7, 11) is 1.91. The lowest BCUT2D eigenvalue weighted by molar-refractivity contribution is 0.401. The van der Waals surface area contributed by atoms with Gasteiger partial charge < -0.3 is 10.6 Å². The number of fused-ring (bicyclic) bond motifs is 1. The van der Waals surface area contributed by atoms with Crippen LogP contribution in [0.2, 0.25) is 0 Å². The molecule has 2 aromatic rings. The fraction of sp³-hybridized carbons (Fsp3) is 0.312. The Hall–Kier alpha value is -1.81. The van der Waals surface area contributed by atoms with Crippen LogP contribution in [-0.4, -0.2) is 17.9 Å². The van der Waals surface area contributed by atoms with Crippen molar-refractivity contribution in [3.05, 3.63) is 47.0 Å². The first-order chi connectivity index (χ1) is 9.40. The minimum atomic E-state index is -0.323. The van der Waals surface area contributed by atoms with Gasteiger partial charge in [0.05, 0.1) is 5.54 Å². The molecule has 1 aliphatic heterocycles. The van der Waals surface area contributed by atoms with Gasteiger partial charge >= 0.3 is 0 Å². The number of guanidine groups is 1. The van der Waals surface area contributed by atoms with Crippen LogP contribution < -0.4 is 5.73 Å². The molecule has 1 aromatic heterocycles. The van der Waals surface area contributed by atoms with Crippen LogP contribution in [0.5, 0.6) is 0 Å². The van der Waals surface area contributed by atoms with Crippen molar-refractivity contribution in [2.75, 3.05) is 7.05 Å². The Bertz CT molecular complexity index is 728. The highest BCUT2D eigenvalue weighted by Crippen LogP contribution is 2.38. The molecule has 3 rings (SSSR count). The van der Waals surface area contributed by atoms with Gasteiger partial charge in [0.15, 0.2) is 5.96 Å². The summed E-state index contributed by atoms with van der Waals surface area (Å²) in [6, 6.07) is 6.59. The molecule has 104 valence electrons. The van der Waals surface area contributed by atoms with E-state index in [1.807, 2.05) is 11.9 Å².